The van der Waals surface area contributed by atoms with Crippen molar-refractivity contribution in [2.45, 2.75) is 45.7 Å². The maximum atomic E-state index is 11.4. The van der Waals surface area contributed by atoms with E-state index in [0.29, 0.717) is 12.3 Å². The molecule has 0 aromatic carbocycles. The summed E-state index contributed by atoms with van der Waals surface area (Å²) in [6.45, 7) is 5.93. The van der Waals surface area contributed by atoms with Crippen molar-refractivity contribution in [3.63, 3.8) is 0 Å². The summed E-state index contributed by atoms with van der Waals surface area (Å²) in [5.74, 6) is 2.76. The predicted molar refractivity (Wildman–Crippen MR) is 58.5 cm³/mol. The van der Waals surface area contributed by atoms with Gasteiger partial charge in [0, 0.05) is 12.5 Å². The van der Waals surface area contributed by atoms with Gasteiger partial charge in [-0.05, 0) is 12.3 Å². The molecule has 14 heavy (non-hydrogen) atoms. The van der Waals surface area contributed by atoms with E-state index >= 15 is 0 Å². The molecule has 2 atom stereocenters. The molecule has 0 rings (SSSR count). The Kier molecular flexibility index (Phi) is 5.98. The molecule has 0 saturated heterocycles. The van der Waals surface area contributed by atoms with Crippen molar-refractivity contribution >= 4 is 5.91 Å². The summed E-state index contributed by atoms with van der Waals surface area (Å²) in [5.41, 5.74) is 5.76. The first kappa shape index (κ1) is 13.0. The minimum absolute atomic E-state index is 0.0593. The van der Waals surface area contributed by atoms with Gasteiger partial charge in [-0.2, -0.15) is 0 Å². The highest BCUT2D eigenvalue weighted by Crippen LogP contribution is 2.02. The average Bonchev–Trinajstić information content (AvgIpc) is 2.13. The molecular weight excluding hydrogens is 176 g/mol. The van der Waals surface area contributed by atoms with Crippen LogP contribution in [0.5, 0.6) is 0 Å². The van der Waals surface area contributed by atoms with Crippen LogP contribution < -0.4 is 11.1 Å². The number of nitrogens with one attached hydrogen (secondary N) is 1. The third-order valence-electron chi connectivity index (χ3n) is 2.22. The van der Waals surface area contributed by atoms with Crippen molar-refractivity contribution in [2.75, 3.05) is 0 Å². The van der Waals surface area contributed by atoms with E-state index in [1.165, 1.54) is 0 Å². The molecule has 1 amide bonds. The number of amides is 1. The lowest BCUT2D eigenvalue weighted by atomic mass is 10.0. The van der Waals surface area contributed by atoms with Gasteiger partial charge >= 0.3 is 0 Å². The van der Waals surface area contributed by atoms with Crippen LogP contribution in [-0.4, -0.2) is 18.0 Å². The van der Waals surface area contributed by atoms with E-state index in [-0.39, 0.29) is 18.0 Å². The van der Waals surface area contributed by atoms with E-state index in [9.17, 15) is 4.79 Å². The van der Waals surface area contributed by atoms with Gasteiger partial charge in [-0.3, -0.25) is 4.79 Å². The summed E-state index contributed by atoms with van der Waals surface area (Å²) in [4.78, 5) is 11.4. The fourth-order valence-electron chi connectivity index (χ4n) is 0.965. The summed E-state index contributed by atoms with van der Waals surface area (Å²) < 4.78 is 0. The molecule has 0 aliphatic heterocycles. The van der Waals surface area contributed by atoms with Gasteiger partial charge < -0.3 is 11.1 Å². The summed E-state index contributed by atoms with van der Waals surface area (Å²) in [6.07, 6.45) is 6.32. The molecule has 3 heteroatoms. The topological polar surface area (TPSA) is 55.1 Å². The Balaban J connectivity index is 3.93. The summed E-state index contributed by atoms with van der Waals surface area (Å²) in [6, 6.07) is -0.257. The number of hydrogen-bond acceptors (Lipinski definition) is 2. The van der Waals surface area contributed by atoms with Gasteiger partial charge in [0.05, 0.1) is 6.04 Å². The van der Waals surface area contributed by atoms with Crippen LogP contribution in [0.2, 0.25) is 0 Å². The lowest BCUT2D eigenvalue weighted by Gasteiger charge is -2.16. The van der Waals surface area contributed by atoms with Crippen LogP contribution in [0.1, 0.15) is 33.6 Å². The van der Waals surface area contributed by atoms with Crippen molar-refractivity contribution in [3.05, 3.63) is 0 Å². The molecule has 3 N–H and O–H groups in total. The van der Waals surface area contributed by atoms with Crippen LogP contribution in [0.3, 0.4) is 0 Å². The predicted octanol–water partition coefficient (Wildman–Crippen LogP) is 0.888. The molecule has 0 spiro atoms. The number of hydrogen-bond donors (Lipinski definition) is 2. The molecule has 0 fully saturated rings. The molecule has 0 aliphatic rings. The highest BCUT2D eigenvalue weighted by molar-refractivity contribution is 5.77. The van der Waals surface area contributed by atoms with Gasteiger partial charge in [-0.25, -0.2) is 0 Å². The molecule has 0 aromatic heterocycles. The quantitative estimate of drug-likeness (QED) is 0.642. The summed E-state index contributed by atoms with van der Waals surface area (Å²) in [5, 5.41) is 2.75. The zero-order valence-electron chi connectivity index (χ0n) is 9.21. The van der Waals surface area contributed by atoms with E-state index in [1.807, 2.05) is 20.8 Å². The Bertz CT molecular complexity index is 218. The first-order chi connectivity index (χ1) is 6.51. The van der Waals surface area contributed by atoms with Crippen LogP contribution in [0, 0.1) is 18.3 Å². The van der Waals surface area contributed by atoms with Gasteiger partial charge in [0.15, 0.2) is 0 Å². The van der Waals surface area contributed by atoms with Crippen LogP contribution in [0.15, 0.2) is 0 Å². The standard InChI is InChI=1S/C11H20N2O/c1-5-9(6-2)13-11(14)7-10(12)8(3)4/h1,8-10H,6-7,12H2,2-4H3,(H,13,14). The molecule has 0 aromatic rings. The maximum absolute atomic E-state index is 11.4. The second-order valence-electron chi connectivity index (χ2n) is 3.81. The van der Waals surface area contributed by atoms with E-state index < -0.39 is 0 Å². The SMILES string of the molecule is C#CC(CC)NC(=O)CC(N)C(C)C. The zero-order chi connectivity index (χ0) is 11.1. The fraction of sp³-hybridized carbons (Fsp3) is 0.727. The average molecular weight is 196 g/mol. The van der Waals surface area contributed by atoms with E-state index in [4.69, 9.17) is 12.2 Å². The lowest BCUT2D eigenvalue weighted by Crippen LogP contribution is -2.39. The first-order valence-corrected chi connectivity index (χ1v) is 5.02. The fourth-order valence-corrected chi connectivity index (χ4v) is 0.965. The molecule has 0 aliphatic carbocycles. The largest absolute Gasteiger partial charge is 0.342 e. The van der Waals surface area contributed by atoms with E-state index in [0.717, 1.165) is 6.42 Å². The molecule has 0 bridgehead atoms. The second-order valence-corrected chi connectivity index (χ2v) is 3.81. The molecule has 80 valence electrons. The van der Waals surface area contributed by atoms with E-state index in [1.54, 1.807) is 0 Å². The zero-order valence-corrected chi connectivity index (χ0v) is 9.21. The normalized spacial score (nSPS) is 14.6. The van der Waals surface area contributed by atoms with Gasteiger partial charge in [0.2, 0.25) is 5.91 Å². The smallest absolute Gasteiger partial charge is 0.222 e. The number of rotatable bonds is 5. The lowest BCUT2D eigenvalue weighted by molar-refractivity contribution is -0.122. The van der Waals surface area contributed by atoms with Crippen LogP contribution in [0.4, 0.5) is 0 Å². The molecule has 0 saturated carbocycles. The number of terminal acetylenes is 1. The number of carbonyl (C=O) groups excluding carboxylic acids is 1. The Morgan fingerprint density at radius 3 is 2.50 bits per heavy atom. The highest BCUT2D eigenvalue weighted by atomic mass is 16.1. The van der Waals surface area contributed by atoms with E-state index in [2.05, 4.69) is 11.2 Å². The minimum Gasteiger partial charge on any atom is -0.342 e. The van der Waals surface area contributed by atoms with Crippen molar-refractivity contribution in [1.29, 1.82) is 0 Å². The third kappa shape index (κ3) is 4.88. The van der Waals surface area contributed by atoms with Gasteiger partial charge in [0.1, 0.15) is 0 Å². The van der Waals surface area contributed by atoms with Crippen LogP contribution in [0.25, 0.3) is 0 Å². The summed E-state index contributed by atoms with van der Waals surface area (Å²) >= 11 is 0. The molecule has 0 radical (unpaired) electrons. The van der Waals surface area contributed by atoms with Gasteiger partial charge in [0.25, 0.3) is 0 Å². The first-order valence-electron chi connectivity index (χ1n) is 5.02. The Morgan fingerprint density at radius 2 is 2.14 bits per heavy atom. The highest BCUT2D eigenvalue weighted by Gasteiger charge is 2.14. The number of carbonyl (C=O) groups is 1. The molecule has 0 heterocycles. The molecule has 3 nitrogen and oxygen atoms in total. The third-order valence-corrected chi connectivity index (χ3v) is 2.22. The van der Waals surface area contributed by atoms with Gasteiger partial charge in [-0.1, -0.05) is 26.7 Å². The Hall–Kier alpha value is -1.01. The number of nitrogens with two attached hydrogens (primary N) is 1. The maximum Gasteiger partial charge on any atom is 0.222 e. The van der Waals surface area contributed by atoms with Crippen molar-refractivity contribution in [3.8, 4) is 12.3 Å². The molecular formula is C11H20N2O. The van der Waals surface area contributed by atoms with Crippen LogP contribution in [-0.2, 0) is 4.79 Å². The van der Waals surface area contributed by atoms with Gasteiger partial charge in [-0.15, -0.1) is 6.42 Å². The van der Waals surface area contributed by atoms with Crippen molar-refractivity contribution < 1.29 is 4.79 Å². The second kappa shape index (κ2) is 6.44. The van der Waals surface area contributed by atoms with Crippen molar-refractivity contribution in [2.24, 2.45) is 11.7 Å². The minimum atomic E-state index is -0.165. The molecule has 2 unspecified atom stereocenters. The van der Waals surface area contributed by atoms with Crippen molar-refractivity contribution in [1.82, 2.24) is 5.32 Å². The Morgan fingerprint density at radius 1 is 1.57 bits per heavy atom. The Labute approximate surface area is 86.4 Å². The monoisotopic (exact) mass is 196 g/mol. The van der Waals surface area contributed by atoms with Crippen LogP contribution >= 0.6 is 0 Å². The summed E-state index contributed by atoms with van der Waals surface area (Å²) in [7, 11) is 0.